The van der Waals surface area contributed by atoms with Crippen molar-refractivity contribution in [1.29, 1.82) is 0 Å². The van der Waals surface area contributed by atoms with E-state index in [9.17, 15) is 4.79 Å². The number of benzene rings is 1. The van der Waals surface area contributed by atoms with Crippen molar-refractivity contribution in [3.8, 4) is 5.75 Å². The van der Waals surface area contributed by atoms with Gasteiger partial charge in [0.25, 0.3) is 5.91 Å². The summed E-state index contributed by atoms with van der Waals surface area (Å²) in [4.78, 5) is 11.8. The Morgan fingerprint density at radius 3 is 2.60 bits per heavy atom. The third kappa shape index (κ3) is 5.05. The van der Waals surface area contributed by atoms with E-state index in [1.807, 2.05) is 39.0 Å². The molecule has 0 saturated heterocycles. The first-order valence-electron chi connectivity index (χ1n) is 6.51. The van der Waals surface area contributed by atoms with Gasteiger partial charge in [-0.1, -0.05) is 6.07 Å². The van der Waals surface area contributed by atoms with Crippen LogP contribution in [0.1, 0.15) is 25.0 Å². The van der Waals surface area contributed by atoms with Gasteiger partial charge in [-0.05, 0) is 63.2 Å². The van der Waals surface area contributed by atoms with Crippen LogP contribution in [0.5, 0.6) is 5.75 Å². The van der Waals surface area contributed by atoms with Gasteiger partial charge in [-0.25, -0.2) is 0 Å². The zero-order valence-corrected chi connectivity index (χ0v) is 13.1. The Morgan fingerprint density at radius 1 is 1.30 bits per heavy atom. The number of rotatable bonds is 4. The molecule has 0 radical (unpaired) electrons. The highest BCUT2D eigenvalue weighted by atomic mass is 32.1. The summed E-state index contributed by atoms with van der Waals surface area (Å²) in [6, 6.07) is 5.73. The number of nitrogens with one attached hydrogen (secondary N) is 3. The molecule has 5 nitrogen and oxygen atoms in total. The molecule has 0 aliphatic rings. The van der Waals surface area contributed by atoms with Gasteiger partial charge in [0.05, 0.1) is 0 Å². The van der Waals surface area contributed by atoms with E-state index < -0.39 is 6.10 Å². The predicted octanol–water partition coefficient (Wildman–Crippen LogP) is 1.59. The van der Waals surface area contributed by atoms with Gasteiger partial charge in [0, 0.05) is 6.54 Å². The molecule has 0 bridgehead atoms. The summed E-state index contributed by atoms with van der Waals surface area (Å²) in [5, 5.41) is 3.24. The average molecular weight is 295 g/mol. The Balaban J connectivity index is 2.48. The van der Waals surface area contributed by atoms with Gasteiger partial charge in [-0.3, -0.25) is 15.6 Å². The molecule has 1 rings (SSSR count). The Hall–Kier alpha value is -1.82. The molecule has 0 spiro atoms. The minimum Gasteiger partial charge on any atom is -0.481 e. The lowest BCUT2D eigenvalue weighted by atomic mass is 10.1. The Bertz CT molecular complexity index is 491. The van der Waals surface area contributed by atoms with Gasteiger partial charge < -0.3 is 10.1 Å². The van der Waals surface area contributed by atoms with E-state index >= 15 is 0 Å². The van der Waals surface area contributed by atoms with E-state index in [0.717, 1.165) is 5.56 Å². The lowest BCUT2D eigenvalue weighted by Gasteiger charge is -2.16. The van der Waals surface area contributed by atoms with Crippen LogP contribution in [0.3, 0.4) is 0 Å². The molecule has 0 aromatic heterocycles. The summed E-state index contributed by atoms with van der Waals surface area (Å²) in [6.45, 7) is 8.32. The zero-order valence-electron chi connectivity index (χ0n) is 12.2. The topological polar surface area (TPSA) is 62.4 Å². The van der Waals surface area contributed by atoms with Crippen molar-refractivity contribution < 1.29 is 9.53 Å². The van der Waals surface area contributed by atoms with Crippen LogP contribution in [0, 0.1) is 13.8 Å². The Morgan fingerprint density at radius 2 is 2.00 bits per heavy atom. The third-order valence-electron chi connectivity index (χ3n) is 2.80. The standard InChI is InChI=1S/C14H21N3O2S/c1-5-15-14(20)17-16-13(18)11(4)19-12-7-6-9(2)10(3)8-12/h6-8,11H,5H2,1-4H3,(H,16,18)(H2,15,17,20)/t11-/m1/s1. The van der Waals surface area contributed by atoms with Crippen molar-refractivity contribution in [3.63, 3.8) is 0 Å². The molecule has 1 aromatic rings. The lowest BCUT2D eigenvalue weighted by Crippen LogP contribution is -2.50. The number of ether oxygens (including phenoxy) is 1. The highest BCUT2D eigenvalue weighted by Gasteiger charge is 2.14. The van der Waals surface area contributed by atoms with Crippen LogP contribution in [0.15, 0.2) is 18.2 Å². The number of aryl methyl sites for hydroxylation is 2. The Labute approximate surface area is 125 Å². The number of hydrogen-bond donors (Lipinski definition) is 3. The van der Waals surface area contributed by atoms with Gasteiger partial charge in [0.2, 0.25) is 0 Å². The van der Waals surface area contributed by atoms with E-state index in [0.29, 0.717) is 17.4 Å². The van der Waals surface area contributed by atoms with Crippen LogP contribution < -0.4 is 20.9 Å². The minimum absolute atomic E-state index is 0.288. The summed E-state index contributed by atoms with van der Waals surface area (Å²) >= 11 is 4.94. The first-order chi connectivity index (χ1) is 9.43. The average Bonchev–Trinajstić information content (AvgIpc) is 2.40. The molecule has 0 aliphatic carbocycles. The van der Waals surface area contributed by atoms with E-state index in [4.69, 9.17) is 17.0 Å². The van der Waals surface area contributed by atoms with E-state index in [1.165, 1.54) is 5.56 Å². The van der Waals surface area contributed by atoms with Crippen LogP contribution in [-0.4, -0.2) is 23.7 Å². The van der Waals surface area contributed by atoms with Gasteiger partial charge in [0.15, 0.2) is 11.2 Å². The number of carbonyl (C=O) groups is 1. The molecule has 0 saturated carbocycles. The zero-order chi connectivity index (χ0) is 15.1. The molecule has 6 heteroatoms. The number of amides is 1. The molecule has 0 heterocycles. The number of hydrazine groups is 1. The van der Waals surface area contributed by atoms with Crippen LogP contribution in [0.25, 0.3) is 0 Å². The van der Waals surface area contributed by atoms with Gasteiger partial charge >= 0.3 is 0 Å². The smallest absolute Gasteiger partial charge is 0.279 e. The molecule has 1 atom stereocenters. The minimum atomic E-state index is -0.617. The van der Waals surface area contributed by atoms with Crippen molar-refractivity contribution in [3.05, 3.63) is 29.3 Å². The second-order valence-corrected chi connectivity index (χ2v) is 4.89. The fourth-order valence-electron chi connectivity index (χ4n) is 1.47. The SMILES string of the molecule is CCNC(=S)NNC(=O)[C@@H](C)Oc1ccc(C)c(C)c1. The fraction of sp³-hybridized carbons (Fsp3) is 0.429. The van der Waals surface area contributed by atoms with Gasteiger partial charge in [0.1, 0.15) is 5.75 Å². The summed E-state index contributed by atoms with van der Waals surface area (Å²) < 4.78 is 5.59. The summed E-state index contributed by atoms with van der Waals surface area (Å²) in [7, 11) is 0. The van der Waals surface area contributed by atoms with E-state index in [-0.39, 0.29) is 5.91 Å². The first kappa shape index (κ1) is 16.2. The molecule has 1 amide bonds. The van der Waals surface area contributed by atoms with Crippen LogP contribution in [0.2, 0.25) is 0 Å². The highest BCUT2D eigenvalue weighted by molar-refractivity contribution is 7.80. The summed E-state index contributed by atoms with van der Waals surface area (Å²) in [6.07, 6.45) is -0.617. The molecule has 0 unspecified atom stereocenters. The number of thiocarbonyl (C=S) groups is 1. The van der Waals surface area contributed by atoms with Gasteiger partial charge in [-0.15, -0.1) is 0 Å². The maximum Gasteiger partial charge on any atom is 0.279 e. The molecule has 0 aliphatic heterocycles. The van der Waals surface area contributed by atoms with Crippen LogP contribution >= 0.6 is 12.2 Å². The second-order valence-electron chi connectivity index (χ2n) is 4.48. The van der Waals surface area contributed by atoms with Crippen LogP contribution in [0.4, 0.5) is 0 Å². The van der Waals surface area contributed by atoms with Crippen molar-refractivity contribution in [2.45, 2.75) is 33.8 Å². The predicted molar refractivity (Wildman–Crippen MR) is 83.6 cm³/mol. The largest absolute Gasteiger partial charge is 0.481 e. The Kier molecular flexibility index (Phi) is 6.24. The monoisotopic (exact) mass is 295 g/mol. The summed E-state index contributed by atoms with van der Waals surface area (Å²) in [5.41, 5.74) is 7.42. The highest BCUT2D eigenvalue weighted by Crippen LogP contribution is 2.17. The van der Waals surface area contributed by atoms with E-state index in [2.05, 4.69) is 16.2 Å². The maximum atomic E-state index is 11.8. The molecule has 1 aromatic carbocycles. The van der Waals surface area contributed by atoms with Crippen molar-refractivity contribution in [2.24, 2.45) is 0 Å². The molecule has 110 valence electrons. The second kappa shape index (κ2) is 7.69. The number of hydrogen-bond acceptors (Lipinski definition) is 3. The van der Waals surface area contributed by atoms with E-state index in [1.54, 1.807) is 6.92 Å². The van der Waals surface area contributed by atoms with Gasteiger partial charge in [-0.2, -0.15) is 0 Å². The molecule has 20 heavy (non-hydrogen) atoms. The van der Waals surface area contributed by atoms with Crippen molar-refractivity contribution >= 4 is 23.2 Å². The van der Waals surface area contributed by atoms with Crippen LogP contribution in [-0.2, 0) is 4.79 Å². The van der Waals surface area contributed by atoms with Crippen molar-refractivity contribution in [2.75, 3.05) is 6.54 Å². The summed E-state index contributed by atoms with van der Waals surface area (Å²) in [5.74, 6) is 0.383. The normalized spacial score (nSPS) is 11.4. The third-order valence-corrected chi connectivity index (χ3v) is 3.04. The fourth-order valence-corrected chi connectivity index (χ4v) is 1.66. The number of carbonyl (C=O) groups excluding carboxylic acids is 1. The molecular formula is C14H21N3O2S. The quantitative estimate of drug-likeness (QED) is 0.581. The van der Waals surface area contributed by atoms with Crippen molar-refractivity contribution in [1.82, 2.24) is 16.2 Å². The molecule has 0 fully saturated rings. The lowest BCUT2D eigenvalue weighted by molar-refractivity contribution is -0.127. The molecular weight excluding hydrogens is 274 g/mol. The first-order valence-corrected chi connectivity index (χ1v) is 6.92. The molecule has 3 N–H and O–H groups in total. The maximum absolute atomic E-state index is 11.8.